The summed E-state index contributed by atoms with van der Waals surface area (Å²) in [4.78, 5) is 14.4. The zero-order valence-corrected chi connectivity index (χ0v) is 18.0. The van der Waals surface area contributed by atoms with Crippen LogP contribution >= 0.6 is 0 Å². The van der Waals surface area contributed by atoms with E-state index in [1.165, 1.54) is 5.56 Å². The van der Waals surface area contributed by atoms with Crippen molar-refractivity contribution in [1.82, 2.24) is 24.2 Å². The first-order chi connectivity index (χ1) is 15.1. The Kier molecular flexibility index (Phi) is 5.14. The van der Waals surface area contributed by atoms with Crippen molar-refractivity contribution >= 4 is 11.2 Å². The number of fused-ring (bicyclic) bond motifs is 1. The van der Waals surface area contributed by atoms with E-state index in [-0.39, 0.29) is 0 Å². The lowest BCUT2D eigenvalue weighted by Crippen LogP contribution is -2.23. The maximum Gasteiger partial charge on any atom is 0.156 e. The highest BCUT2D eigenvalue weighted by Gasteiger charge is 2.22. The van der Waals surface area contributed by atoms with Crippen molar-refractivity contribution in [3.05, 3.63) is 71.3 Å². The molecule has 6 nitrogen and oxygen atoms in total. The van der Waals surface area contributed by atoms with Crippen LogP contribution in [0.25, 0.3) is 22.5 Å². The maximum atomic E-state index is 9.58. The Labute approximate surface area is 182 Å². The molecule has 0 atom stereocenters. The molecular weight excluding hydrogens is 384 g/mol. The number of likely N-dealkylation sites (N-methyl/N-ethyl adjacent to an activating group) is 1. The minimum atomic E-state index is 0.771. The third-order valence-corrected chi connectivity index (χ3v) is 6.13. The topological polar surface area (TPSA) is 60.5 Å². The van der Waals surface area contributed by atoms with Crippen molar-refractivity contribution in [2.45, 2.75) is 26.3 Å². The third-order valence-electron chi connectivity index (χ3n) is 6.13. The molecule has 156 valence electrons. The zero-order chi connectivity index (χ0) is 21.4. The van der Waals surface area contributed by atoms with Gasteiger partial charge in [-0.05, 0) is 26.8 Å². The van der Waals surface area contributed by atoms with Gasteiger partial charge in [-0.25, -0.2) is 4.98 Å². The monoisotopic (exact) mass is 410 g/mol. The molecule has 3 heterocycles. The molecule has 1 aliphatic carbocycles. The molecule has 5 rings (SSSR count). The highest BCUT2D eigenvalue weighted by Crippen LogP contribution is 2.30. The molecular formula is C25H26N6. The van der Waals surface area contributed by atoms with Gasteiger partial charge in [0.15, 0.2) is 5.65 Å². The standard InChI is InChI=1S/C25H26N6/c1-18-7-9-19(10-8-18)25-23(16-30-12-11-29(2)17-30)31-15-22(27-14-24(31)28-25)21-6-4-3-5-20(21)13-26/h4,6-10,14-15H,3,5,11-12,16-17H2,1-2H3. The van der Waals surface area contributed by atoms with Crippen molar-refractivity contribution in [3.8, 4) is 17.3 Å². The van der Waals surface area contributed by atoms with Gasteiger partial charge >= 0.3 is 0 Å². The molecule has 31 heavy (non-hydrogen) atoms. The molecule has 0 N–H and O–H groups in total. The van der Waals surface area contributed by atoms with Crippen LogP contribution in [0.3, 0.4) is 0 Å². The quantitative estimate of drug-likeness (QED) is 0.650. The van der Waals surface area contributed by atoms with Crippen LogP contribution in [0.4, 0.5) is 0 Å². The molecule has 6 heteroatoms. The first-order valence-electron chi connectivity index (χ1n) is 10.8. The summed E-state index contributed by atoms with van der Waals surface area (Å²) in [6, 6.07) is 10.9. The van der Waals surface area contributed by atoms with Crippen LogP contribution in [0.5, 0.6) is 0 Å². The number of hydrogen-bond acceptors (Lipinski definition) is 5. The highest BCUT2D eigenvalue weighted by molar-refractivity contribution is 5.78. The fourth-order valence-electron chi connectivity index (χ4n) is 4.39. The molecule has 1 saturated heterocycles. The lowest BCUT2D eigenvalue weighted by atomic mass is 9.96. The second-order valence-electron chi connectivity index (χ2n) is 8.49. The molecule has 0 spiro atoms. The molecule has 2 aliphatic rings. The van der Waals surface area contributed by atoms with Crippen LogP contribution in [-0.2, 0) is 6.54 Å². The van der Waals surface area contributed by atoms with E-state index in [0.29, 0.717) is 0 Å². The lowest BCUT2D eigenvalue weighted by molar-refractivity contribution is 0.265. The smallest absolute Gasteiger partial charge is 0.156 e. The molecule has 2 aromatic heterocycles. The van der Waals surface area contributed by atoms with Gasteiger partial charge in [0.05, 0.1) is 36.0 Å². The molecule has 1 aliphatic heterocycles. The second kappa shape index (κ2) is 8.10. The predicted molar refractivity (Wildman–Crippen MR) is 122 cm³/mol. The van der Waals surface area contributed by atoms with Crippen molar-refractivity contribution in [1.29, 1.82) is 5.26 Å². The highest BCUT2D eigenvalue weighted by atomic mass is 15.4. The van der Waals surface area contributed by atoms with Crippen LogP contribution in [-0.4, -0.2) is 51.0 Å². The number of imidazole rings is 1. The number of rotatable bonds is 4. The number of nitrogens with zero attached hydrogens (tertiary/aromatic N) is 6. The summed E-state index contributed by atoms with van der Waals surface area (Å²) in [6.07, 6.45) is 9.71. The Morgan fingerprint density at radius 3 is 2.74 bits per heavy atom. The van der Waals surface area contributed by atoms with E-state index in [0.717, 1.165) is 78.6 Å². The van der Waals surface area contributed by atoms with E-state index in [2.05, 4.69) is 75.8 Å². The third kappa shape index (κ3) is 3.78. The summed E-state index contributed by atoms with van der Waals surface area (Å²) in [5, 5.41) is 9.58. The SMILES string of the molecule is Cc1ccc(-c2nc3cnc(C4=C(C#N)CCC=C4)cn3c2CN2CCN(C)C2)cc1. The summed E-state index contributed by atoms with van der Waals surface area (Å²) in [5.74, 6) is 0. The van der Waals surface area contributed by atoms with Crippen LogP contribution in [0.2, 0.25) is 0 Å². The molecule has 1 aromatic carbocycles. The largest absolute Gasteiger partial charge is 0.299 e. The van der Waals surface area contributed by atoms with E-state index in [4.69, 9.17) is 4.98 Å². The first-order valence-corrected chi connectivity index (χ1v) is 10.8. The molecule has 1 fully saturated rings. The Morgan fingerprint density at radius 1 is 1.16 bits per heavy atom. The van der Waals surface area contributed by atoms with Crippen molar-refractivity contribution in [2.24, 2.45) is 0 Å². The van der Waals surface area contributed by atoms with E-state index < -0.39 is 0 Å². The number of hydrogen-bond donors (Lipinski definition) is 0. The molecule has 0 saturated carbocycles. The van der Waals surface area contributed by atoms with E-state index >= 15 is 0 Å². The van der Waals surface area contributed by atoms with Gasteiger partial charge < -0.3 is 0 Å². The van der Waals surface area contributed by atoms with Crippen molar-refractivity contribution < 1.29 is 0 Å². The average Bonchev–Trinajstić information content (AvgIpc) is 3.37. The fraction of sp³-hybridized carbons (Fsp3) is 0.320. The molecule has 3 aromatic rings. The maximum absolute atomic E-state index is 9.58. The van der Waals surface area contributed by atoms with Crippen LogP contribution in [0.1, 0.15) is 29.8 Å². The Hall–Kier alpha value is -3.27. The van der Waals surface area contributed by atoms with Crippen molar-refractivity contribution in [2.75, 3.05) is 26.8 Å². The summed E-state index contributed by atoms with van der Waals surface area (Å²) in [7, 11) is 2.16. The number of nitriles is 1. The van der Waals surface area contributed by atoms with Gasteiger partial charge in [-0.2, -0.15) is 5.26 Å². The van der Waals surface area contributed by atoms with Gasteiger partial charge in [0.25, 0.3) is 0 Å². The number of aromatic nitrogens is 3. The van der Waals surface area contributed by atoms with Gasteiger partial charge in [0.1, 0.15) is 0 Å². The van der Waals surface area contributed by atoms with Crippen LogP contribution in [0.15, 0.2) is 54.4 Å². The van der Waals surface area contributed by atoms with Crippen molar-refractivity contribution in [3.63, 3.8) is 0 Å². The zero-order valence-electron chi connectivity index (χ0n) is 18.0. The first kappa shape index (κ1) is 19.7. The minimum absolute atomic E-state index is 0.771. The predicted octanol–water partition coefficient (Wildman–Crippen LogP) is 4.04. The fourth-order valence-corrected chi connectivity index (χ4v) is 4.39. The molecule has 0 radical (unpaired) electrons. The van der Waals surface area contributed by atoms with Gasteiger partial charge in [-0.1, -0.05) is 42.0 Å². The van der Waals surface area contributed by atoms with Gasteiger partial charge in [0, 0.05) is 42.5 Å². The van der Waals surface area contributed by atoms with Gasteiger partial charge in [-0.3, -0.25) is 19.2 Å². The number of allylic oxidation sites excluding steroid dienone is 4. The summed E-state index contributed by atoms with van der Waals surface area (Å²) in [5.41, 5.74) is 7.91. The molecule has 0 unspecified atom stereocenters. The Balaban J connectivity index is 1.65. The lowest BCUT2D eigenvalue weighted by Gasteiger charge is -2.17. The Morgan fingerprint density at radius 2 is 2.00 bits per heavy atom. The number of aryl methyl sites for hydroxylation is 1. The molecule has 0 amide bonds. The second-order valence-corrected chi connectivity index (χ2v) is 8.49. The van der Waals surface area contributed by atoms with E-state index in [1.807, 2.05) is 12.3 Å². The van der Waals surface area contributed by atoms with Gasteiger partial charge in [0.2, 0.25) is 0 Å². The normalized spacial score (nSPS) is 17.6. The van der Waals surface area contributed by atoms with E-state index in [9.17, 15) is 5.26 Å². The number of benzene rings is 1. The summed E-state index contributed by atoms with van der Waals surface area (Å²) in [6.45, 7) is 5.99. The Bertz CT molecular complexity index is 1230. The van der Waals surface area contributed by atoms with Gasteiger partial charge in [-0.15, -0.1) is 0 Å². The van der Waals surface area contributed by atoms with Crippen LogP contribution in [0, 0.1) is 18.3 Å². The average molecular weight is 411 g/mol. The minimum Gasteiger partial charge on any atom is -0.299 e. The summed E-state index contributed by atoms with van der Waals surface area (Å²) < 4.78 is 2.17. The molecule has 0 bridgehead atoms. The van der Waals surface area contributed by atoms with E-state index in [1.54, 1.807) is 0 Å². The summed E-state index contributed by atoms with van der Waals surface area (Å²) >= 11 is 0. The van der Waals surface area contributed by atoms with Crippen LogP contribution < -0.4 is 0 Å².